The average molecular weight is 660 g/mol. The van der Waals surface area contributed by atoms with Crippen LogP contribution in [-0.4, -0.2) is 25.1 Å². The van der Waals surface area contributed by atoms with Crippen molar-refractivity contribution in [2.24, 2.45) is 5.10 Å². The third-order valence-corrected chi connectivity index (χ3v) is 9.08. The summed E-state index contributed by atoms with van der Waals surface area (Å²) in [5, 5.41) is 13.3. The Balaban J connectivity index is 0.00000600. The van der Waals surface area contributed by atoms with Crippen molar-refractivity contribution in [3.05, 3.63) is 88.0 Å². The molecule has 1 aliphatic rings. The standard InChI is InChI=1S/C40H57N5O.ClH/c1-24(2)30-16-13-17-31(25(3)4)37(30)41-36(46)22-44-23-45(39-34(28(9)10)20-15-21-35(39)29(11)12)40(43-44)42-38-32(26(5)6)18-14-19-33(38)27(7)8;/h13-21,24-29H,22-23H2,1-12H3,(H,41,46)(H,42,43);1H. The number of halogens is 1. The van der Waals surface area contributed by atoms with E-state index in [9.17, 15) is 4.79 Å². The Kier molecular flexibility index (Phi) is 13.1. The molecule has 0 radical (unpaired) electrons. The number of nitrogens with zero attached hydrogens (tertiary/aromatic N) is 2. The fraction of sp³-hybridized carbons (Fsp3) is 0.500. The van der Waals surface area contributed by atoms with Crippen LogP contribution in [0.2, 0.25) is 0 Å². The molecular formula is C40H58ClN5O. The summed E-state index contributed by atoms with van der Waals surface area (Å²) in [6, 6.07) is 19.6. The van der Waals surface area contributed by atoms with Gasteiger partial charge in [0.1, 0.15) is 0 Å². The number of carbonyl (C=O) groups is 1. The second kappa shape index (κ2) is 16.2. The van der Waals surface area contributed by atoms with Gasteiger partial charge in [-0.2, -0.15) is 5.01 Å². The molecule has 256 valence electrons. The van der Waals surface area contributed by atoms with Gasteiger partial charge in [-0.1, -0.05) is 138 Å². The lowest BCUT2D eigenvalue weighted by atomic mass is 9.91. The number of anilines is 3. The molecule has 6 nitrogen and oxygen atoms in total. The van der Waals surface area contributed by atoms with E-state index in [1.54, 1.807) is 0 Å². The van der Waals surface area contributed by atoms with Crippen LogP contribution in [0.4, 0.5) is 17.1 Å². The largest absolute Gasteiger partial charge is 1.00 e. The maximum Gasteiger partial charge on any atom is 0.282 e. The zero-order valence-corrected chi connectivity index (χ0v) is 31.5. The minimum Gasteiger partial charge on any atom is -1.00 e. The van der Waals surface area contributed by atoms with Crippen molar-refractivity contribution < 1.29 is 22.2 Å². The zero-order chi connectivity index (χ0) is 33.9. The molecule has 0 saturated heterocycles. The minimum absolute atomic E-state index is 0. The fourth-order valence-corrected chi connectivity index (χ4v) is 6.57. The van der Waals surface area contributed by atoms with E-state index in [4.69, 9.17) is 5.10 Å². The highest BCUT2D eigenvalue weighted by Gasteiger charge is 2.35. The van der Waals surface area contributed by atoms with Gasteiger partial charge in [-0.15, -0.1) is 0 Å². The van der Waals surface area contributed by atoms with E-state index in [2.05, 4.69) is 153 Å². The van der Waals surface area contributed by atoms with Crippen LogP contribution >= 0.6 is 0 Å². The summed E-state index contributed by atoms with van der Waals surface area (Å²) in [5.74, 6) is 2.72. The van der Waals surface area contributed by atoms with E-state index < -0.39 is 0 Å². The Morgan fingerprint density at radius 2 is 1.00 bits per heavy atom. The molecule has 3 aromatic carbocycles. The first-order chi connectivity index (χ1) is 21.7. The van der Waals surface area contributed by atoms with Crippen molar-refractivity contribution in [3.8, 4) is 0 Å². The molecule has 1 atom stereocenters. The maximum absolute atomic E-state index is 13.8. The van der Waals surface area contributed by atoms with Gasteiger partial charge in [0.05, 0.1) is 5.69 Å². The molecular weight excluding hydrogens is 602 g/mol. The van der Waals surface area contributed by atoms with Gasteiger partial charge < -0.3 is 23.0 Å². The summed E-state index contributed by atoms with van der Waals surface area (Å²) in [7, 11) is 0. The van der Waals surface area contributed by atoms with Gasteiger partial charge in [0, 0.05) is 11.4 Å². The number of nitrogens with one attached hydrogen (secondary N) is 3. The summed E-state index contributed by atoms with van der Waals surface area (Å²) in [6.45, 7) is 27.5. The number of hydrogen-bond donors (Lipinski definition) is 3. The number of benzene rings is 3. The number of quaternary nitrogens is 1. The topological polar surface area (TPSA) is 61.2 Å². The van der Waals surface area contributed by atoms with Gasteiger partial charge >= 0.3 is 0 Å². The van der Waals surface area contributed by atoms with E-state index in [1.165, 1.54) is 39.1 Å². The number of amides is 1. The van der Waals surface area contributed by atoms with Crippen molar-refractivity contribution in [1.29, 1.82) is 0 Å². The Hall–Kier alpha value is -3.35. The van der Waals surface area contributed by atoms with Crippen LogP contribution in [0.1, 0.15) is 152 Å². The van der Waals surface area contributed by atoms with E-state index in [0.717, 1.165) is 22.3 Å². The highest BCUT2D eigenvalue weighted by molar-refractivity contribution is 6.07. The highest BCUT2D eigenvalue weighted by Crippen LogP contribution is 2.38. The molecule has 1 aliphatic heterocycles. The van der Waals surface area contributed by atoms with Gasteiger partial charge in [0.15, 0.2) is 13.2 Å². The van der Waals surface area contributed by atoms with Crippen LogP contribution < -0.4 is 32.9 Å². The fourth-order valence-electron chi connectivity index (χ4n) is 6.57. The lowest BCUT2D eigenvalue weighted by Crippen LogP contribution is -3.08. The summed E-state index contributed by atoms with van der Waals surface area (Å²) >= 11 is 0. The first-order valence-electron chi connectivity index (χ1n) is 17.4. The number of para-hydroxylation sites is 3. The number of hydrogen-bond acceptors (Lipinski definition) is 4. The van der Waals surface area contributed by atoms with Crippen LogP contribution in [0.5, 0.6) is 0 Å². The molecule has 0 bridgehead atoms. The van der Waals surface area contributed by atoms with E-state index in [1.807, 2.05) is 0 Å². The molecule has 0 fully saturated rings. The molecule has 0 aromatic heterocycles. The molecule has 1 amide bonds. The van der Waals surface area contributed by atoms with E-state index >= 15 is 0 Å². The first kappa shape index (κ1) is 38.1. The molecule has 7 heteroatoms. The molecule has 4 rings (SSSR count). The van der Waals surface area contributed by atoms with E-state index in [0.29, 0.717) is 42.2 Å². The average Bonchev–Trinajstić information content (AvgIpc) is 3.37. The molecule has 3 N–H and O–H groups in total. The quantitative estimate of drug-likeness (QED) is 0.233. The van der Waals surface area contributed by atoms with Gasteiger partial charge in [0.2, 0.25) is 0 Å². The Morgan fingerprint density at radius 3 is 1.38 bits per heavy atom. The van der Waals surface area contributed by atoms with Gasteiger partial charge in [0.25, 0.3) is 11.9 Å². The third-order valence-electron chi connectivity index (χ3n) is 9.08. The van der Waals surface area contributed by atoms with Crippen molar-refractivity contribution in [2.75, 3.05) is 28.7 Å². The second-order valence-electron chi connectivity index (χ2n) is 14.8. The summed E-state index contributed by atoms with van der Waals surface area (Å²) in [4.78, 5) is 16.2. The lowest BCUT2D eigenvalue weighted by molar-refractivity contribution is -0.892. The van der Waals surface area contributed by atoms with Crippen molar-refractivity contribution in [1.82, 2.24) is 0 Å². The van der Waals surface area contributed by atoms with Crippen LogP contribution in [0, 0.1) is 0 Å². The second-order valence-corrected chi connectivity index (χ2v) is 14.8. The predicted octanol–water partition coefficient (Wildman–Crippen LogP) is 6.12. The number of carbonyl (C=O) groups excluding carboxylic acids is 1. The van der Waals surface area contributed by atoms with Gasteiger partial charge in [-0.25, -0.2) is 0 Å². The molecule has 0 aliphatic carbocycles. The van der Waals surface area contributed by atoms with Gasteiger partial charge in [-0.05, 0) is 74.0 Å². The third kappa shape index (κ3) is 8.58. The van der Waals surface area contributed by atoms with Crippen LogP contribution in [0.3, 0.4) is 0 Å². The first-order valence-corrected chi connectivity index (χ1v) is 17.4. The summed E-state index contributed by atoms with van der Waals surface area (Å²) in [6.07, 6.45) is 0. The molecule has 1 unspecified atom stereocenters. The summed E-state index contributed by atoms with van der Waals surface area (Å²) in [5.41, 5.74) is 10.7. The predicted molar refractivity (Wildman–Crippen MR) is 197 cm³/mol. The van der Waals surface area contributed by atoms with Crippen LogP contribution in [0.25, 0.3) is 0 Å². The Labute approximate surface area is 290 Å². The van der Waals surface area contributed by atoms with E-state index in [-0.39, 0.29) is 24.9 Å². The number of rotatable bonds is 11. The number of guanidine groups is 1. The monoisotopic (exact) mass is 659 g/mol. The van der Waals surface area contributed by atoms with Crippen LogP contribution in [0.15, 0.2) is 59.7 Å². The molecule has 0 saturated carbocycles. The van der Waals surface area contributed by atoms with Crippen molar-refractivity contribution in [3.63, 3.8) is 0 Å². The molecule has 3 aromatic rings. The highest BCUT2D eigenvalue weighted by atomic mass is 35.5. The minimum atomic E-state index is -0.0263. The smallest absolute Gasteiger partial charge is 0.282 e. The molecule has 0 spiro atoms. The van der Waals surface area contributed by atoms with Gasteiger partial charge in [-0.3, -0.25) is 9.69 Å². The SMILES string of the molecule is CC(C)c1cccc(C(C)C)c1NC(=O)C[NH+]1CN(c2c(C(C)C)cccc2C(C)C)C(Nc2c(C(C)C)cccc2C(C)C)=N1.[Cl-]. The van der Waals surface area contributed by atoms with Crippen molar-refractivity contribution in [2.45, 2.75) is 119 Å². The maximum atomic E-state index is 13.8. The van der Waals surface area contributed by atoms with Crippen LogP contribution in [-0.2, 0) is 4.79 Å². The van der Waals surface area contributed by atoms with Crippen molar-refractivity contribution >= 4 is 28.9 Å². The summed E-state index contributed by atoms with van der Waals surface area (Å²) < 4.78 is 0. The molecule has 1 heterocycles. The zero-order valence-electron chi connectivity index (χ0n) is 30.8. The Morgan fingerprint density at radius 1 is 0.638 bits per heavy atom. The lowest BCUT2D eigenvalue weighted by Gasteiger charge is -2.28. The molecule has 47 heavy (non-hydrogen) atoms. The Bertz CT molecular complexity index is 1480. The normalized spacial score (nSPS) is 14.9.